The highest BCUT2D eigenvalue weighted by Crippen LogP contribution is 2.31. The second kappa shape index (κ2) is 5.27. The van der Waals surface area contributed by atoms with Crippen LogP contribution >= 0.6 is 0 Å². The maximum atomic E-state index is 4.67. The monoisotopic (exact) mass is 245 g/mol. The molecule has 0 amide bonds. The van der Waals surface area contributed by atoms with E-state index in [1.807, 2.05) is 0 Å². The maximum Gasteiger partial charge on any atom is 0.128 e. The van der Waals surface area contributed by atoms with E-state index in [9.17, 15) is 0 Å². The van der Waals surface area contributed by atoms with Crippen LogP contribution in [0.4, 0.5) is 5.82 Å². The van der Waals surface area contributed by atoms with E-state index in [0.29, 0.717) is 6.04 Å². The van der Waals surface area contributed by atoms with Gasteiger partial charge in [0, 0.05) is 25.3 Å². The molecule has 0 saturated carbocycles. The first-order chi connectivity index (χ1) is 8.88. The van der Waals surface area contributed by atoms with Gasteiger partial charge >= 0.3 is 0 Å². The second-order valence-electron chi connectivity index (χ2n) is 5.43. The van der Waals surface area contributed by atoms with Crippen LogP contribution in [0.25, 0.3) is 0 Å². The molecule has 1 atom stereocenters. The van der Waals surface area contributed by atoms with Crippen LogP contribution in [0, 0.1) is 0 Å². The Hall–Kier alpha value is -1.09. The highest BCUT2D eigenvalue weighted by molar-refractivity contribution is 5.40. The van der Waals surface area contributed by atoms with Crippen LogP contribution in [0.1, 0.15) is 44.2 Å². The van der Waals surface area contributed by atoms with Crippen molar-refractivity contribution in [2.45, 2.75) is 38.6 Å². The minimum absolute atomic E-state index is 0.607. The average molecular weight is 245 g/mol. The summed E-state index contributed by atoms with van der Waals surface area (Å²) in [5.41, 5.74) is 1.40. The Kier molecular flexibility index (Phi) is 3.50. The average Bonchev–Trinajstić information content (AvgIpc) is 3.10. The first-order valence-corrected chi connectivity index (χ1v) is 7.33. The molecular weight excluding hydrogens is 222 g/mol. The summed E-state index contributed by atoms with van der Waals surface area (Å²) in [5, 5.41) is 0. The van der Waals surface area contributed by atoms with Gasteiger partial charge in [0.1, 0.15) is 5.82 Å². The molecule has 2 saturated heterocycles. The van der Waals surface area contributed by atoms with Crippen molar-refractivity contribution in [3.8, 4) is 0 Å². The van der Waals surface area contributed by atoms with Crippen LogP contribution in [-0.4, -0.2) is 36.1 Å². The molecule has 1 aromatic rings. The van der Waals surface area contributed by atoms with Crippen molar-refractivity contribution in [3.63, 3.8) is 0 Å². The molecule has 0 bridgehead atoms. The Morgan fingerprint density at radius 2 is 2.00 bits per heavy atom. The van der Waals surface area contributed by atoms with E-state index < -0.39 is 0 Å². The molecule has 3 heteroatoms. The lowest BCUT2D eigenvalue weighted by atomic mass is 10.1. The molecule has 2 aliphatic rings. The van der Waals surface area contributed by atoms with Crippen molar-refractivity contribution >= 4 is 5.82 Å². The van der Waals surface area contributed by atoms with Crippen LogP contribution < -0.4 is 4.90 Å². The van der Waals surface area contributed by atoms with E-state index in [-0.39, 0.29) is 0 Å². The van der Waals surface area contributed by atoms with Gasteiger partial charge in [0.2, 0.25) is 0 Å². The fourth-order valence-corrected chi connectivity index (χ4v) is 3.31. The van der Waals surface area contributed by atoms with Gasteiger partial charge in [-0.25, -0.2) is 4.98 Å². The standard InChI is InChI=1S/C15H23N3/c1-2-17-11-5-6-14(17)13-7-8-15(16-12-13)18-9-3-4-10-18/h7-8,12,14H,2-6,9-11H2,1H3/t14-/m0/s1. The highest BCUT2D eigenvalue weighted by Gasteiger charge is 2.24. The third-order valence-electron chi connectivity index (χ3n) is 4.36. The summed E-state index contributed by atoms with van der Waals surface area (Å²) in [6, 6.07) is 5.11. The number of likely N-dealkylation sites (tertiary alicyclic amines) is 1. The molecule has 3 heterocycles. The molecule has 2 fully saturated rings. The summed E-state index contributed by atoms with van der Waals surface area (Å²) < 4.78 is 0. The summed E-state index contributed by atoms with van der Waals surface area (Å²) in [6.45, 7) is 7.01. The highest BCUT2D eigenvalue weighted by atomic mass is 15.2. The smallest absolute Gasteiger partial charge is 0.128 e. The maximum absolute atomic E-state index is 4.67. The zero-order valence-corrected chi connectivity index (χ0v) is 11.3. The number of aromatic nitrogens is 1. The predicted octanol–water partition coefficient (Wildman–Crippen LogP) is 2.84. The van der Waals surface area contributed by atoms with E-state index >= 15 is 0 Å². The summed E-state index contributed by atoms with van der Waals surface area (Å²) in [4.78, 5) is 9.63. The summed E-state index contributed by atoms with van der Waals surface area (Å²) in [5.74, 6) is 1.16. The summed E-state index contributed by atoms with van der Waals surface area (Å²) in [6.07, 6.45) is 7.35. The molecule has 0 N–H and O–H groups in total. The first-order valence-electron chi connectivity index (χ1n) is 7.33. The molecule has 0 unspecified atom stereocenters. The van der Waals surface area contributed by atoms with E-state index in [1.54, 1.807) is 0 Å². The van der Waals surface area contributed by atoms with Crippen LogP contribution in [0.5, 0.6) is 0 Å². The van der Waals surface area contributed by atoms with Crippen LogP contribution in [0.3, 0.4) is 0 Å². The zero-order valence-electron chi connectivity index (χ0n) is 11.3. The lowest BCUT2D eigenvalue weighted by Crippen LogP contribution is -2.23. The van der Waals surface area contributed by atoms with E-state index in [4.69, 9.17) is 0 Å². The quantitative estimate of drug-likeness (QED) is 0.816. The third-order valence-corrected chi connectivity index (χ3v) is 4.36. The first kappa shape index (κ1) is 12.0. The van der Waals surface area contributed by atoms with E-state index in [1.165, 1.54) is 50.9 Å². The number of hydrogen-bond donors (Lipinski definition) is 0. The Morgan fingerprint density at radius 3 is 2.67 bits per heavy atom. The van der Waals surface area contributed by atoms with Gasteiger partial charge in [-0.05, 0) is 50.4 Å². The van der Waals surface area contributed by atoms with Gasteiger partial charge in [-0.2, -0.15) is 0 Å². The molecule has 1 aromatic heterocycles. The Balaban J connectivity index is 1.74. The van der Waals surface area contributed by atoms with Crippen molar-refractivity contribution in [1.29, 1.82) is 0 Å². The molecule has 0 spiro atoms. The number of anilines is 1. The van der Waals surface area contributed by atoms with Crippen molar-refractivity contribution in [3.05, 3.63) is 23.9 Å². The number of pyridine rings is 1. The number of hydrogen-bond acceptors (Lipinski definition) is 3. The molecule has 98 valence electrons. The van der Waals surface area contributed by atoms with Crippen molar-refractivity contribution < 1.29 is 0 Å². The van der Waals surface area contributed by atoms with Crippen molar-refractivity contribution in [2.24, 2.45) is 0 Å². The predicted molar refractivity (Wildman–Crippen MR) is 74.9 cm³/mol. The van der Waals surface area contributed by atoms with Gasteiger partial charge in [-0.15, -0.1) is 0 Å². The number of nitrogens with zero attached hydrogens (tertiary/aromatic N) is 3. The molecule has 3 nitrogen and oxygen atoms in total. The minimum atomic E-state index is 0.607. The van der Waals surface area contributed by atoms with Gasteiger partial charge in [-0.1, -0.05) is 13.0 Å². The van der Waals surface area contributed by atoms with E-state index in [0.717, 1.165) is 12.4 Å². The zero-order chi connectivity index (χ0) is 12.4. The normalized spacial score (nSPS) is 24.9. The van der Waals surface area contributed by atoms with Crippen LogP contribution in [0.15, 0.2) is 18.3 Å². The van der Waals surface area contributed by atoms with Crippen molar-refractivity contribution in [1.82, 2.24) is 9.88 Å². The van der Waals surface area contributed by atoms with Crippen molar-refractivity contribution in [2.75, 3.05) is 31.1 Å². The Bertz CT molecular complexity index is 381. The van der Waals surface area contributed by atoms with Gasteiger partial charge in [0.05, 0.1) is 0 Å². The fourth-order valence-electron chi connectivity index (χ4n) is 3.31. The van der Waals surface area contributed by atoms with Gasteiger partial charge in [-0.3, -0.25) is 4.90 Å². The Labute approximate surface area is 110 Å². The molecule has 0 radical (unpaired) electrons. The molecule has 0 aromatic carbocycles. The molecular formula is C15H23N3. The largest absolute Gasteiger partial charge is 0.357 e. The SMILES string of the molecule is CCN1CCC[C@H]1c1ccc(N2CCCC2)nc1. The lowest BCUT2D eigenvalue weighted by Gasteiger charge is -2.23. The molecule has 18 heavy (non-hydrogen) atoms. The van der Waals surface area contributed by atoms with Crippen LogP contribution in [-0.2, 0) is 0 Å². The Morgan fingerprint density at radius 1 is 1.17 bits per heavy atom. The van der Waals surface area contributed by atoms with E-state index in [2.05, 4.69) is 40.0 Å². The minimum Gasteiger partial charge on any atom is -0.357 e. The van der Waals surface area contributed by atoms with Gasteiger partial charge in [0.25, 0.3) is 0 Å². The fraction of sp³-hybridized carbons (Fsp3) is 0.667. The van der Waals surface area contributed by atoms with Gasteiger partial charge < -0.3 is 4.90 Å². The molecule has 3 rings (SSSR count). The molecule has 0 aliphatic carbocycles. The summed E-state index contributed by atoms with van der Waals surface area (Å²) in [7, 11) is 0. The topological polar surface area (TPSA) is 19.4 Å². The second-order valence-corrected chi connectivity index (χ2v) is 5.43. The number of rotatable bonds is 3. The summed E-state index contributed by atoms with van der Waals surface area (Å²) >= 11 is 0. The third kappa shape index (κ3) is 2.24. The molecule has 2 aliphatic heterocycles. The van der Waals surface area contributed by atoms with Gasteiger partial charge in [0.15, 0.2) is 0 Å². The lowest BCUT2D eigenvalue weighted by molar-refractivity contribution is 0.271. The van der Waals surface area contributed by atoms with Crippen LogP contribution in [0.2, 0.25) is 0 Å².